The molecular weight excluding hydrogens is 294 g/mol. The monoisotopic (exact) mass is 317 g/mol. The van der Waals surface area contributed by atoms with Crippen LogP contribution in [0.15, 0.2) is 6.07 Å². The van der Waals surface area contributed by atoms with Crippen molar-refractivity contribution in [3.8, 4) is 5.88 Å². The molecule has 1 fully saturated rings. The zero-order valence-electron chi connectivity index (χ0n) is 14.1. The quantitative estimate of drug-likeness (QED) is 0.902. The van der Waals surface area contributed by atoms with Crippen molar-refractivity contribution < 1.29 is 9.53 Å². The molecule has 7 heteroatoms. The molecule has 3 rings (SSSR count). The Bertz CT molecular complexity index is 734. The van der Waals surface area contributed by atoms with Crippen molar-refractivity contribution in [2.24, 2.45) is 7.05 Å². The van der Waals surface area contributed by atoms with Crippen molar-refractivity contribution in [3.63, 3.8) is 0 Å². The smallest absolute Gasteiger partial charge is 0.260 e. The predicted octanol–water partition coefficient (Wildman–Crippen LogP) is 0.784. The molecule has 1 N–H and O–H groups in total. The lowest BCUT2D eigenvalue weighted by atomic mass is 10.2. The van der Waals surface area contributed by atoms with Crippen LogP contribution >= 0.6 is 0 Å². The number of hydrogen-bond donors (Lipinski definition) is 1. The Kier molecular flexibility index (Phi) is 4.21. The average Bonchev–Trinajstić information content (AvgIpc) is 3.13. The van der Waals surface area contributed by atoms with Crippen molar-refractivity contribution in [1.82, 2.24) is 25.0 Å². The molecule has 1 atom stereocenters. The summed E-state index contributed by atoms with van der Waals surface area (Å²) in [5.74, 6) is 0.439. The van der Waals surface area contributed by atoms with E-state index < -0.39 is 0 Å². The van der Waals surface area contributed by atoms with E-state index in [1.807, 2.05) is 34.0 Å². The zero-order valence-corrected chi connectivity index (χ0v) is 14.1. The Labute approximate surface area is 135 Å². The van der Waals surface area contributed by atoms with E-state index in [2.05, 4.69) is 15.4 Å². The highest BCUT2D eigenvalue weighted by Crippen LogP contribution is 2.27. The molecule has 7 nitrogen and oxygen atoms in total. The van der Waals surface area contributed by atoms with Crippen LogP contribution in [0.1, 0.15) is 17.7 Å². The van der Waals surface area contributed by atoms with Gasteiger partial charge in [-0.3, -0.25) is 4.79 Å². The minimum absolute atomic E-state index is 0.00751. The first-order valence-corrected chi connectivity index (χ1v) is 7.87. The van der Waals surface area contributed by atoms with Crippen LogP contribution in [0.5, 0.6) is 5.88 Å². The molecule has 1 aliphatic heterocycles. The number of ether oxygens (including phenoxy) is 1. The summed E-state index contributed by atoms with van der Waals surface area (Å²) in [6, 6.07) is 2.24. The fourth-order valence-electron chi connectivity index (χ4n) is 3.06. The van der Waals surface area contributed by atoms with Gasteiger partial charge in [0.05, 0.1) is 5.39 Å². The molecule has 1 aliphatic rings. The first-order valence-electron chi connectivity index (χ1n) is 7.87. The molecule has 0 radical (unpaired) electrons. The van der Waals surface area contributed by atoms with Crippen LogP contribution in [0.2, 0.25) is 0 Å². The molecule has 0 aliphatic carbocycles. The average molecular weight is 317 g/mol. The van der Waals surface area contributed by atoms with Crippen molar-refractivity contribution >= 4 is 16.9 Å². The second-order valence-electron chi connectivity index (χ2n) is 6.15. The number of aromatic nitrogens is 3. The number of nitrogens with zero attached hydrogens (tertiary/aromatic N) is 4. The maximum atomic E-state index is 12.3. The number of carbonyl (C=O) groups excluding carboxylic acids is 1. The minimum Gasteiger partial charge on any atom is -0.466 e. The fraction of sp³-hybridized carbons (Fsp3) is 0.562. The van der Waals surface area contributed by atoms with Crippen LogP contribution in [0, 0.1) is 13.8 Å². The van der Waals surface area contributed by atoms with Crippen molar-refractivity contribution in [2.45, 2.75) is 26.3 Å². The summed E-state index contributed by atoms with van der Waals surface area (Å²) >= 11 is 0. The van der Waals surface area contributed by atoms with Crippen LogP contribution in [-0.2, 0) is 11.8 Å². The highest BCUT2D eigenvalue weighted by Gasteiger charge is 2.24. The van der Waals surface area contributed by atoms with Gasteiger partial charge in [-0.15, -0.1) is 5.10 Å². The number of likely N-dealkylation sites (N-methyl/N-ethyl adjacent to an activating group) is 1. The number of fused-ring (bicyclic) bond motifs is 1. The molecule has 0 saturated carbocycles. The van der Waals surface area contributed by atoms with E-state index in [4.69, 9.17) is 4.74 Å². The van der Waals surface area contributed by atoms with E-state index >= 15 is 0 Å². The predicted molar refractivity (Wildman–Crippen MR) is 87.5 cm³/mol. The maximum absolute atomic E-state index is 12.3. The van der Waals surface area contributed by atoms with Crippen LogP contribution in [0.25, 0.3) is 11.0 Å². The molecule has 124 valence electrons. The Hall–Kier alpha value is -2.15. The van der Waals surface area contributed by atoms with Gasteiger partial charge in [-0.25, -0.2) is 9.67 Å². The van der Waals surface area contributed by atoms with Gasteiger partial charge in [0.25, 0.3) is 5.91 Å². The number of amides is 1. The van der Waals surface area contributed by atoms with E-state index in [0.29, 0.717) is 5.88 Å². The van der Waals surface area contributed by atoms with Crippen molar-refractivity contribution in [1.29, 1.82) is 0 Å². The Morgan fingerprint density at radius 2 is 2.30 bits per heavy atom. The third-order valence-corrected chi connectivity index (χ3v) is 4.39. The second kappa shape index (κ2) is 6.16. The number of nitrogens with one attached hydrogen (secondary N) is 1. The first-order chi connectivity index (χ1) is 11.0. The fourth-order valence-corrected chi connectivity index (χ4v) is 3.06. The van der Waals surface area contributed by atoms with Crippen LogP contribution in [0.3, 0.4) is 0 Å². The molecular formula is C16H23N5O2. The van der Waals surface area contributed by atoms with Gasteiger partial charge in [0, 0.05) is 32.4 Å². The van der Waals surface area contributed by atoms with Gasteiger partial charge in [-0.05, 0) is 38.4 Å². The van der Waals surface area contributed by atoms with Gasteiger partial charge in [-0.1, -0.05) is 0 Å². The number of aryl methyl sites for hydroxylation is 3. The lowest BCUT2D eigenvalue weighted by molar-refractivity contribution is -0.133. The van der Waals surface area contributed by atoms with Gasteiger partial charge in [0.2, 0.25) is 5.88 Å². The summed E-state index contributed by atoms with van der Waals surface area (Å²) in [6.07, 6.45) is 0.983. The minimum atomic E-state index is -0.0322. The van der Waals surface area contributed by atoms with E-state index in [0.717, 1.165) is 41.8 Å². The summed E-state index contributed by atoms with van der Waals surface area (Å²) in [6.45, 7) is 5.75. The summed E-state index contributed by atoms with van der Waals surface area (Å²) in [5, 5.41) is 8.50. The van der Waals surface area contributed by atoms with Gasteiger partial charge < -0.3 is 15.0 Å². The Morgan fingerprint density at radius 1 is 1.52 bits per heavy atom. The molecule has 1 unspecified atom stereocenters. The van der Waals surface area contributed by atoms with Crippen LogP contribution in [-0.4, -0.2) is 58.4 Å². The highest BCUT2D eigenvalue weighted by molar-refractivity contribution is 5.85. The SMILES string of the molecule is Cc1cc(C)c2c(OCC(=O)N(C)C3CCNC3)nn(C)c2n1. The summed E-state index contributed by atoms with van der Waals surface area (Å²) in [5.41, 5.74) is 2.77. The van der Waals surface area contributed by atoms with Gasteiger partial charge in [0.1, 0.15) is 0 Å². The van der Waals surface area contributed by atoms with Gasteiger partial charge in [-0.2, -0.15) is 0 Å². The molecule has 1 amide bonds. The normalized spacial score (nSPS) is 17.7. The first kappa shape index (κ1) is 15.7. The van der Waals surface area contributed by atoms with E-state index in [9.17, 15) is 4.79 Å². The van der Waals surface area contributed by atoms with E-state index in [1.54, 1.807) is 9.58 Å². The number of rotatable bonds is 4. The lowest BCUT2D eigenvalue weighted by Gasteiger charge is -2.23. The zero-order chi connectivity index (χ0) is 16.6. The van der Waals surface area contributed by atoms with E-state index in [1.165, 1.54) is 0 Å². The Morgan fingerprint density at radius 3 is 3.00 bits per heavy atom. The summed E-state index contributed by atoms with van der Waals surface area (Å²) in [4.78, 5) is 18.6. The Balaban J connectivity index is 1.75. The number of pyridine rings is 1. The lowest BCUT2D eigenvalue weighted by Crippen LogP contribution is -2.40. The third-order valence-electron chi connectivity index (χ3n) is 4.39. The largest absolute Gasteiger partial charge is 0.466 e. The molecule has 0 aromatic carbocycles. The topological polar surface area (TPSA) is 72.3 Å². The van der Waals surface area contributed by atoms with Crippen LogP contribution < -0.4 is 10.1 Å². The van der Waals surface area contributed by atoms with Gasteiger partial charge >= 0.3 is 0 Å². The number of carbonyl (C=O) groups is 1. The van der Waals surface area contributed by atoms with E-state index in [-0.39, 0.29) is 18.6 Å². The molecule has 0 spiro atoms. The van der Waals surface area contributed by atoms with Crippen LogP contribution in [0.4, 0.5) is 0 Å². The standard InChI is InChI=1S/C16H23N5O2/c1-10-7-11(2)18-15-14(10)16(19-21(15)4)23-9-13(22)20(3)12-5-6-17-8-12/h7,12,17H,5-6,8-9H2,1-4H3. The second-order valence-corrected chi connectivity index (χ2v) is 6.15. The number of hydrogen-bond acceptors (Lipinski definition) is 5. The highest BCUT2D eigenvalue weighted by atomic mass is 16.5. The maximum Gasteiger partial charge on any atom is 0.260 e. The molecule has 0 bridgehead atoms. The van der Waals surface area contributed by atoms with Gasteiger partial charge in [0.15, 0.2) is 12.3 Å². The molecule has 2 aromatic heterocycles. The third kappa shape index (κ3) is 3.01. The molecule has 23 heavy (non-hydrogen) atoms. The van der Waals surface area contributed by atoms with Crippen molar-refractivity contribution in [2.75, 3.05) is 26.7 Å². The molecule has 1 saturated heterocycles. The molecule has 3 heterocycles. The summed E-state index contributed by atoms with van der Waals surface area (Å²) in [7, 11) is 3.66. The van der Waals surface area contributed by atoms with Crippen molar-refractivity contribution in [3.05, 3.63) is 17.3 Å². The summed E-state index contributed by atoms with van der Waals surface area (Å²) < 4.78 is 7.41. The molecule has 2 aromatic rings.